The topological polar surface area (TPSA) is 43.1 Å². The Bertz CT molecular complexity index is 525. The Labute approximate surface area is 96.6 Å². The third kappa shape index (κ3) is 1.41. The van der Waals surface area contributed by atoms with Crippen LogP contribution in [0.15, 0.2) is 22.0 Å². The van der Waals surface area contributed by atoms with Crippen LogP contribution in [-0.2, 0) is 0 Å². The van der Waals surface area contributed by atoms with Gasteiger partial charge in [-0.1, -0.05) is 11.6 Å². The first-order valence-corrected chi connectivity index (χ1v) is 5.66. The monoisotopic (exact) mass is 291 g/mol. The van der Waals surface area contributed by atoms with E-state index in [2.05, 4.69) is 15.9 Å². The Kier molecular flexibility index (Phi) is 2.47. The Morgan fingerprint density at radius 1 is 1.57 bits per heavy atom. The average Bonchev–Trinajstić information content (AvgIpc) is 2.50. The number of hydrogen-bond acceptors (Lipinski definition) is 3. The maximum atomic E-state index is 10.7. The minimum atomic E-state index is -0.481. The van der Waals surface area contributed by atoms with Crippen molar-refractivity contribution in [1.82, 2.24) is 0 Å². The normalized spacial score (nSPS) is 10.7. The van der Waals surface area contributed by atoms with Gasteiger partial charge in [-0.3, -0.25) is 10.1 Å². The lowest BCUT2D eigenvalue weighted by molar-refractivity contribution is -0.385. The molecule has 0 aliphatic heterocycles. The number of halogens is 2. The van der Waals surface area contributed by atoms with Gasteiger partial charge in [-0.15, -0.1) is 11.3 Å². The van der Waals surface area contributed by atoms with E-state index in [-0.39, 0.29) is 10.7 Å². The number of hydrogen-bond donors (Lipinski definition) is 0. The van der Waals surface area contributed by atoms with Gasteiger partial charge in [0.25, 0.3) is 0 Å². The summed E-state index contributed by atoms with van der Waals surface area (Å²) in [4.78, 5) is 10.2. The quantitative estimate of drug-likeness (QED) is 0.583. The maximum absolute atomic E-state index is 10.7. The van der Waals surface area contributed by atoms with Crippen LogP contribution in [0, 0.1) is 10.1 Å². The first kappa shape index (κ1) is 9.89. The van der Waals surface area contributed by atoms with E-state index in [1.54, 1.807) is 6.07 Å². The molecule has 0 amide bonds. The Hall–Kier alpha value is -0.650. The van der Waals surface area contributed by atoms with E-state index in [1.807, 2.05) is 11.4 Å². The van der Waals surface area contributed by atoms with E-state index >= 15 is 0 Å². The standard InChI is InChI=1S/C8H3BrClNO2S/c9-6-7(11(12)13)5(10)3-4-1-2-14-8(4)6/h1-3H. The van der Waals surface area contributed by atoms with E-state index in [9.17, 15) is 10.1 Å². The zero-order valence-electron chi connectivity index (χ0n) is 6.66. The first-order chi connectivity index (χ1) is 6.61. The van der Waals surface area contributed by atoms with E-state index in [0.717, 1.165) is 10.1 Å². The average molecular weight is 293 g/mol. The van der Waals surface area contributed by atoms with Crippen molar-refractivity contribution in [2.24, 2.45) is 0 Å². The summed E-state index contributed by atoms with van der Waals surface area (Å²) in [5, 5.41) is 13.6. The first-order valence-electron chi connectivity index (χ1n) is 3.61. The zero-order valence-corrected chi connectivity index (χ0v) is 9.82. The van der Waals surface area contributed by atoms with Crippen molar-refractivity contribution in [2.45, 2.75) is 0 Å². The van der Waals surface area contributed by atoms with Crippen LogP contribution in [0.4, 0.5) is 5.69 Å². The second-order valence-corrected chi connectivity index (χ2v) is 4.73. The number of thiophene rings is 1. The summed E-state index contributed by atoms with van der Waals surface area (Å²) in [6.45, 7) is 0. The SMILES string of the molecule is O=[N+]([O-])c1c(Cl)cc2ccsc2c1Br. The molecule has 0 saturated heterocycles. The van der Waals surface area contributed by atoms with Crippen LogP contribution < -0.4 is 0 Å². The van der Waals surface area contributed by atoms with Crippen LogP contribution in [0.1, 0.15) is 0 Å². The van der Waals surface area contributed by atoms with Gasteiger partial charge < -0.3 is 0 Å². The highest BCUT2D eigenvalue weighted by Gasteiger charge is 2.20. The van der Waals surface area contributed by atoms with Gasteiger partial charge in [-0.25, -0.2) is 0 Å². The molecule has 0 spiro atoms. The Morgan fingerprint density at radius 2 is 2.29 bits per heavy atom. The Balaban J connectivity index is 2.89. The summed E-state index contributed by atoms with van der Waals surface area (Å²) < 4.78 is 1.31. The summed E-state index contributed by atoms with van der Waals surface area (Å²) in [5.41, 5.74) is -0.0679. The lowest BCUT2D eigenvalue weighted by atomic mass is 10.2. The number of rotatable bonds is 1. The van der Waals surface area contributed by atoms with Crippen LogP contribution in [0.3, 0.4) is 0 Å². The molecule has 0 fully saturated rings. The summed E-state index contributed by atoms with van der Waals surface area (Å²) >= 11 is 10.4. The highest BCUT2D eigenvalue weighted by atomic mass is 79.9. The van der Waals surface area contributed by atoms with Crippen LogP contribution in [0.5, 0.6) is 0 Å². The second kappa shape index (κ2) is 3.49. The fraction of sp³-hybridized carbons (Fsp3) is 0. The lowest BCUT2D eigenvalue weighted by Crippen LogP contribution is -1.90. The molecular weight excluding hydrogens is 290 g/mol. The fourth-order valence-corrected chi connectivity index (χ4v) is 3.27. The smallest absolute Gasteiger partial charge is 0.258 e. The minimum Gasteiger partial charge on any atom is -0.258 e. The van der Waals surface area contributed by atoms with E-state index in [4.69, 9.17) is 11.6 Å². The molecule has 0 aliphatic rings. The van der Waals surface area contributed by atoms with Gasteiger partial charge >= 0.3 is 5.69 Å². The van der Waals surface area contributed by atoms with Crippen molar-refractivity contribution in [3.63, 3.8) is 0 Å². The maximum Gasteiger partial charge on any atom is 0.303 e. The second-order valence-electron chi connectivity index (χ2n) is 2.62. The largest absolute Gasteiger partial charge is 0.303 e. The molecule has 1 heterocycles. The van der Waals surface area contributed by atoms with Gasteiger partial charge in [-0.05, 0) is 38.8 Å². The number of nitrogens with zero attached hydrogens (tertiary/aromatic N) is 1. The van der Waals surface area contributed by atoms with Gasteiger partial charge in [0.05, 0.1) is 9.62 Å². The predicted molar refractivity (Wildman–Crippen MR) is 61.2 cm³/mol. The van der Waals surface area contributed by atoms with Crippen LogP contribution in [0.2, 0.25) is 5.02 Å². The number of nitro benzene ring substituents is 1. The van der Waals surface area contributed by atoms with Gasteiger partial charge in [0.1, 0.15) is 9.50 Å². The zero-order chi connectivity index (χ0) is 10.3. The lowest BCUT2D eigenvalue weighted by Gasteiger charge is -1.99. The molecule has 1 aromatic heterocycles. The van der Waals surface area contributed by atoms with Crippen molar-refractivity contribution in [2.75, 3.05) is 0 Å². The van der Waals surface area contributed by atoms with Gasteiger partial charge in [0.2, 0.25) is 0 Å². The third-order valence-electron chi connectivity index (χ3n) is 1.79. The molecule has 14 heavy (non-hydrogen) atoms. The highest BCUT2D eigenvalue weighted by Crippen LogP contribution is 2.41. The van der Waals surface area contributed by atoms with E-state index < -0.39 is 4.92 Å². The molecule has 0 saturated carbocycles. The molecule has 0 atom stereocenters. The highest BCUT2D eigenvalue weighted by molar-refractivity contribution is 9.10. The number of benzene rings is 1. The molecule has 0 aliphatic carbocycles. The molecule has 0 radical (unpaired) electrons. The summed E-state index contributed by atoms with van der Waals surface area (Å²) in [6.07, 6.45) is 0. The van der Waals surface area contributed by atoms with Gasteiger partial charge in [-0.2, -0.15) is 0 Å². The molecule has 72 valence electrons. The van der Waals surface area contributed by atoms with Crippen LogP contribution >= 0.6 is 38.9 Å². The van der Waals surface area contributed by atoms with Crippen LogP contribution in [-0.4, -0.2) is 4.92 Å². The van der Waals surface area contributed by atoms with Gasteiger partial charge in [0, 0.05) is 0 Å². The summed E-state index contributed by atoms with van der Waals surface area (Å²) in [5.74, 6) is 0. The van der Waals surface area contributed by atoms with Gasteiger partial charge in [0.15, 0.2) is 0 Å². The third-order valence-corrected chi connectivity index (χ3v) is 4.06. The number of nitro groups is 1. The molecule has 2 aromatic rings. The van der Waals surface area contributed by atoms with Crippen molar-refractivity contribution in [3.8, 4) is 0 Å². The molecular formula is C8H3BrClNO2S. The summed E-state index contributed by atoms with van der Waals surface area (Å²) in [6, 6.07) is 3.48. The molecule has 2 rings (SSSR count). The van der Waals surface area contributed by atoms with Crippen LogP contribution in [0.25, 0.3) is 10.1 Å². The molecule has 1 aromatic carbocycles. The summed E-state index contributed by atoms with van der Waals surface area (Å²) in [7, 11) is 0. The van der Waals surface area contributed by atoms with Crippen molar-refractivity contribution in [3.05, 3.63) is 37.1 Å². The Morgan fingerprint density at radius 3 is 2.93 bits per heavy atom. The molecule has 0 N–H and O–H groups in total. The number of fused-ring (bicyclic) bond motifs is 1. The van der Waals surface area contributed by atoms with E-state index in [1.165, 1.54) is 11.3 Å². The van der Waals surface area contributed by atoms with Crippen molar-refractivity contribution < 1.29 is 4.92 Å². The molecule has 6 heteroatoms. The molecule has 0 bridgehead atoms. The van der Waals surface area contributed by atoms with Crippen molar-refractivity contribution in [1.29, 1.82) is 0 Å². The minimum absolute atomic E-state index is 0.0679. The fourth-order valence-electron chi connectivity index (χ4n) is 1.20. The van der Waals surface area contributed by atoms with Crippen molar-refractivity contribution >= 4 is 54.6 Å². The van der Waals surface area contributed by atoms with E-state index in [0.29, 0.717) is 4.47 Å². The molecule has 3 nitrogen and oxygen atoms in total. The molecule has 0 unspecified atom stereocenters. The predicted octanol–water partition coefficient (Wildman–Crippen LogP) is 4.23.